The van der Waals surface area contributed by atoms with Crippen molar-refractivity contribution in [2.24, 2.45) is 4.99 Å². The lowest BCUT2D eigenvalue weighted by Crippen LogP contribution is -2.50. The number of amides is 1. The van der Waals surface area contributed by atoms with Gasteiger partial charge in [0.25, 0.3) is 11.6 Å². The van der Waals surface area contributed by atoms with Crippen LogP contribution in [0.25, 0.3) is 5.76 Å². The zero-order valence-electron chi connectivity index (χ0n) is 22.2. The maximum absolute atomic E-state index is 14.0. The van der Waals surface area contributed by atoms with E-state index >= 15 is 0 Å². The molecule has 0 radical (unpaired) electrons. The van der Waals surface area contributed by atoms with Gasteiger partial charge in [-0.25, -0.2) is 19.0 Å². The molecule has 3 aliphatic heterocycles. The first kappa shape index (κ1) is 26.1. The molecular weight excluding hydrogens is 531 g/mol. The number of nitrogens with zero attached hydrogens (tertiary/aromatic N) is 4. The van der Waals surface area contributed by atoms with Gasteiger partial charge in [-0.3, -0.25) is 0 Å². The van der Waals surface area contributed by atoms with Crippen LogP contribution in [0, 0.1) is 12.7 Å². The number of hydrogen-bond acceptors (Lipinski definition) is 9. The van der Waals surface area contributed by atoms with Gasteiger partial charge in [0, 0.05) is 18.7 Å². The van der Waals surface area contributed by atoms with Gasteiger partial charge in [0.15, 0.2) is 11.5 Å². The fraction of sp³-hybridized carbons (Fsp3) is 0.200. The molecule has 0 bridgehead atoms. The number of esters is 1. The van der Waals surface area contributed by atoms with Crippen molar-refractivity contribution < 1.29 is 37.2 Å². The number of ether oxygens (including phenoxy) is 3. The Bertz CT molecular complexity index is 1700. The van der Waals surface area contributed by atoms with Crippen LogP contribution in [0.4, 0.5) is 4.39 Å². The SMILES string of the molecule is CCOC(=O)C1=C(OCc2ccccc2)C2=NC=C(Cc3ccc(F)cc3)C3OC(c4nnc(C)o4)=C[N+](=C23)C1=O. The minimum absolute atomic E-state index is 0.000259. The van der Waals surface area contributed by atoms with Gasteiger partial charge < -0.3 is 18.6 Å². The van der Waals surface area contributed by atoms with Gasteiger partial charge in [-0.05, 0) is 36.6 Å². The van der Waals surface area contributed by atoms with E-state index in [0.29, 0.717) is 23.6 Å². The summed E-state index contributed by atoms with van der Waals surface area (Å²) in [6.07, 6.45) is 2.52. The lowest BCUT2D eigenvalue weighted by atomic mass is 9.89. The number of carbonyl (C=O) groups excluding carboxylic acids is 2. The number of aliphatic imine (C=N–C) groups is 1. The Morgan fingerprint density at radius 2 is 1.85 bits per heavy atom. The van der Waals surface area contributed by atoms with Gasteiger partial charge in [0.05, 0.1) is 6.61 Å². The number of hydrogen-bond donors (Lipinski definition) is 0. The third-order valence-corrected chi connectivity index (χ3v) is 6.58. The molecule has 0 saturated heterocycles. The zero-order chi connectivity index (χ0) is 28.5. The Morgan fingerprint density at radius 3 is 2.56 bits per heavy atom. The van der Waals surface area contributed by atoms with Gasteiger partial charge in [0.1, 0.15) is 12.4 Å². The van der Waals surface area contributed by atoms with Crippen LogP contribution in [0.3, 0.4) is 0 Å². The second-order valence-corrected chi connectivity index (χ2v) is 9.36. The molecule has 6 rings (SSSR count). The highest BCUT2D eigenvalue weighted by atomic mass is 19.1. The van der Waals surface area contributed by atoms with E-state index in [4.69, 9.17) is 18.6 Å². The third kappa shape index (κ3) is 4.97. The van der Waals surface area contributed by atoms with Crippen molar-refractivity contribution in [2.45, 2.75) is 33.0 Å². The topological polar surface area (TPSA) is 116 Å². The second-order valence-electron chi connectivity index (χ2n) is 9.36. The van der Waals surface area contributed by atoms with Crippen LogP contribution in [0.15, 0.2) is 93.3 Å². The smallest absolute Gasteiger partial charge is 0.436 e. The summed E-state index contributed by atoms with van der Waals surface area (Å²) in [7, 11) is 0. The molecule has 3 aliphatic rings. The average Bonchev–Trinajstić information content (AvgIpc) is 3.42. The number of carbonyl (C=O) groups is 2. The quantitative estimate of drug-likeness (QED) is 0.234. The average molecular weight is 556 g/mol. The van der Waals surface area contributed by atoms with Gasteiger partial charge in [-0.1, -0.05) is 42.5 Å². The van der Waals surface area contributed by atoms with E-state index in [0.717, 1.165) is 11.1 Å². The molecule has 206 valence electrons. The molecule has 0 saturated carbocycles. The van der Waals surface area contributed by atoms with Crippen molar-refractivity contribution in [2.75, 3.05) is 6.61 Å². The summed E-state index contributed by atoms with van der Waals surface area (Å²) in [6.45, 7) is 3.42. The Balaban J connectivity index is 1.49. The highest BCUT2D eigenvalue weighted by molar-refractivity contribution is 6.52. The number of benzene rings is 2. The predicted octanol–water partition coefficient (Wildman–Crippen LogP) is 3.82. The van der Waals surface area contributed by atoms with Crippen molar-refractivity contribution >= 4 is 29.1 Å². The molecule has 0 aliphatic carbocycles. The van der Waals surface area contributed by atoms with Crippen LogP contribution in [0.1, 0.15) is 29.8 Å². The van der Waals surface area contributed by atoms with E-state index in [2.05, 4.69) is 15.2 Å². The molecule has 4 heterocycles. The number of allylic oxidation sites excluding steroid dienone is 1. The Morgan fingerprint density at radius 1 is 1.07 bits per heavy atom. The van der Waals surface area contributed by atoms with Crippen LogP contribution in [-0.2, 0) is 36.8 Å². The summed E-state index contributed by atoms with van der Waals surface area (Å²) < 4.78 is 38.2. The maximum atomic E-state index is 14.0. The molecule has 0 fully saturated rings. The molecule has 1 atom stereocenters. The first-order chi connectivity index (χ1) is 19.9. The summed E-state index contributed by atoms with van der Waals surface area (Å²) in [5, 5.41) is 7.91. The summed E-state index contributed by atoms with van der Waals surface area (Å²) in [4.78, 5) is 31.8. The summed E-state index contributed by atoms with van der Waals surface area (Å²) in [6, 6.07) is 15.4. The lowest BCUT2D eigenvalue weighted by molar-refractivity contribution is -0.382. The highest BCUT2D eigenvalue weighted by Crippen LogP contribution is 2.34. The first-order valence-corrected chi connectivity index (χ1v) is 12.9. The molecule has 11 heteroatoms. The number of aryl methyl sites for hydroxylation is 1. The largest absolute Gasteiger partial charge is 0.485 e. The van der Waals surface area contributed by atoms with Crippen LogP contribution < -0.4 is 0 Å². The van der Waals surface area contributed by atoms with E-state index in [1.807, 2.05) is 30.3 Å². The Kier molecular flexibility index (Phi) is 6.84. The van der Waals surface area contributed by atoms with Gasteiger partial charge in [-0.2, -0.15) is 0 Å². The molecule has 0 spiro atoms. The Labute approximate surface area is 233 Å². The van der Waals surface area contributed by atoms with E-state index in [1.54, 1.807) is 32.2 Å². The van der Waals surface area contributed by atoms with E-state index < -0.39 is 18.0 Å². The first-order valence-electron chi connectivity index (χ1n) is 12.9. The van der Waals surface area contributed by atoms with Crippen molar-refractivity contribution in [3.63, 3.8) is 0 Å². The van der Waals surface area contributed by atoms with Crippen molar-refractivity contribution in [1.82, 2.24) is 10.2 Å². The number of rotatable bonds is 8. The molecule has 41 heavy (non-hydrogen) atoms. The maximum Gasteiger partial charge on any atom is 0.436 e. The molecule has 0 N–H and O–H groups in total. The van der Waals surface area contributed by atoms with Gasteiger partial charge in [0.2, 0.25) is 29.5 Å². The van der Waals surface area contributed by atoms with E-state index in [-0.39, 0.29) is 47.7 Å². The summed E-state index contributed by atoms with van der Waals surface area (Å²) >= 11 is 0. The number of halogens is 1. The van der Waals surface area contributed by atoms with Crippen LogP contribution in [0.5, 0.6) is 0 Å². The van der Waals surface area contributed by atoms with E-state index in [1.165, 1.54) is 22.9 Å². The third-order valence-electron chi connectivity index (χ3n) is 6.58. The molecule has 2 aromatic carbocycles. The van der Waals surface area contributed by atoms with Crippen molar-refractivity contribution in [3.05, 3.63) is 113 Å². The second kappa shape index (κ2) is 10.8. The van der Waals surface area contributed by atoms with Gasteiger partial charge >= 0.3 is 11.9 Å². The molecular formula is C30H24FN4O6+. The molecule has 1 unspecified atom stereocenters. The normalized spacial score (nSPS) is 17.8. The minimum atomic E-state index is -0.838. The standard InChI is InChI=1S/C30H24FN4O6/c1-3-38-30(37)23-27(39-16-19-7-5-4-6-8-19)24-25-26(20(14-32-24)13-18-9-11-21(31)12-10-18)41-22(15-35(25)29(23)36)28-34-33-17(2)40-28/h4-12,14-15,26H,3,13,16H2,1-2H3/q+1. The molecule has 3 aromatic rings. The van der Waals surface area contributed by atoms with Crippen molar-refractivity contribution in [3.8, 4) is 0 Å². The number of aromatic nitrogens is 2. The van der Waals surface area contributed by atoms with Crippen LogP contribution >= 0.6 is 0 Å². The molecule has 1 amide bonds. The van der Waals surface area contributed by atoms with Gasteiger partial charge in [-0.15, -0.1) is 14.8 Å². The Hall–Kier alpha value is -5.19. The lowest BCUT2D eigenvalue weighted by Gasteiger charge is -2.30. The van der Waals surface area contributed by atoms with Crippen LogP contribution in [0.2, 0.25) is 0 Å². The molecule has 1 aromatic heterocycles. The summed E-state index contributed by atoms with van der Waals surface area (Å²) in [5.74, 6) is -1.36. The predicted molar refractivity (Wildman–Crippen MR) is 143 cm³/mol. The van der Waals surface area contributed by atoms with E-state index in [9.17, 15) is 14.0 Å². The van der Waals surface area contributed by atoms with Crippen LogP contribution in [-0.4, -0.2) is 50.8 Å². The fourth-order valence-electron chi connectivity index (χ4n) is 4.71. The minimum Gasteiger partial charge on any atom is -0.485 e. The van der Waals surface area contributed by atoms with Crippen molar-refractivity contribution in [1.29, 1.82) is 0 Å². The monoisotopic (exact) mass is 555 g/mol. The highest BCUT2D eigenvalue weighted by Gasteiger charge is 2.53. The zero-order valence-corrected chi connectivity index (χ0v) is 22.2. The molecule has 10 nitrogen and oxygen atoms in total. The summed E-state index contributed by atoms with van der Waals surface area (Å²) in [5.41, 5.74) is 2.65. The fourth-order valence-corrected chi connectivity index (χ4v) is 4.71.